The van der Waals surface area contributed by atoms with E-state index in [9.17, 15) is 5.11 Å². The number of benzene rings is 2. The lowest BCUT2D eigenvalue weighted by Gasteiger charge is -2.08. The normalized spacial score (nSPS) is 10.6. The van der Waals surface area contributed by atoms with Gasteiger partial charge in [-0.25, -0.2) is 0 Å². The van der Waals surface area contributed by atoms with Crippen molar-refractivity contribution >= 4 is 52.4 Å². The number of anilines is 1. The number of rotatable bonds is 3. The molecule has 0 atom stereocenters. The van der Waals surface area contributed by atoms with Crippen LogP contribution >= 0.6 is 35.4 Å². The van der Waals surface area contributed by atoms with E-state index in [1.807, 2.05) is 0 Å². The third kappa shape index (κ3) is 4.60. The second kappa shape index (κ2) is 7.26. The zero-order valence-corrected chi connectivity index (χ0v) is 13.0. The number of hydrogen-bond donors (Lipinski definition) is 3. The number of nitrogens with zero attached hydrogens (tertiary/aromatic N) is 1. The zero-order chi connectivity index (χ0) is 15.2. The molecule has 0 bridgehead atoms. The van der Waals surface area contributed by atoms with E-state index in [1.165, 1.54) is 6.21 Å². The SMILES string of the molecule is Oc1ccccc1C=NNC(=S)Nc1ccc(Cl)cc1Cl. The zero-order valence-electron chi connectivity index (χ0n) is 10.7. The first-order valence-corrected chi connectivity index (χ1v) is 7.06. The number of halogens is 2. The molecule has 2 aromatic rings. The Morgan fingerprint density at radius 3 is 2.67 bits per heavy atom. The van der Waals surface area contributed by atoms with Crippen LogP contribution in [0, 0.1) is 0 Å². The van der Waals surface area contributed by atoms with Gasteiger partial charge in [0.1, 0.15) is 5.75 Å². The first kappa shape index (κ1) is 15.6. The number of phenols is 1. The van der Waals surface area contributed by atoms with E-state index in [-0.39, 0.29) is 10.9 Å². The Labute approximate surface area is 137 Å². The van der Waals surface area contributed by atoms with Gasteiger partial charge in [0.05, 0.1) is 16.9 Å². The maximum absolute atomic E-state index is 9.58. The fraction of sp³-hybridized carbons (Fsp3) is 0. The lowest BCUT2D eigenvalue weighted by Crippen LogP contribution is -2.24. The second-order valence-electron chi connectivity index (χ2n) is 4.01. The highest BCUT2D eigenvalue weighted by Crippen LogP contribution is 2.25. The minimum atomic E-state index is 0.141. The van der Waals surface area contributed by atoms with E-state index in [0.717, 1.165) is 0 Å². The summed E-state index contributed by atoms with van der Waals surface area (Å²) in [6.45, 7) is 0. The Hall–Kier alpha value is -1.82. The average Bonchev–Trinajstić information content (AvgIpc) is 2.44. The van der Waals surface area contributed by atoms with Crippen LogP contribution in [-0.4, -0.2) is 16.4 Å². The summed E-state index contributed by atoms with van der Waals surface area (Å²) in [7, 11) is 0. The van der Waals surface area contributed by atoms with Gasteiger partial charge in [0.25, 0.3) is 0 Å². The van der Waals surface area contributed by atoms with Gasteiger partial charge in [-0.15, -0.1) is 0 Å². The van der Waals surface area contributed by atoms with Gasteiger partial charge in [0, 0.05) is 10.6 Å². The third-order valence-corrected chi connectivity index (χ3v) is 3.23. The van der Waals surface area contributed by atoms with E-state index in [0.29, 0.717) is 21.3 Å². The van der Waals surface area contributed by atoms with Crippen LogP contribution in [0.5, 0.6) is 5.75 Å². The summed E-state index contributed by atoms with van der Waals surface area (Å²) in [4.78, 5) is 0. The van der Waals surface area contributed by atoms with Gasteiger partial charge in [-0.1, -0.05) is 35.3 Å². The van der Waals surface area contributed by atoms with Crippen molar-refractivity contribution in [3.05, 3.63) is 58.1 Å². The van der Waals surface area contributed by atoms with Crippen LogP contribution in [0.1, 0.15) is 5.56 Å². The molecule has 0 saturated heterocycles. The van der Waals surface area contributed by atoms with Crippen LogP contribution in [0.3, 0.4) is 0 Å². The number of phenolic OH excluding ortho intramolecular Hbond substituents is 1. The Kier molecular flexibility index (Phi) is 5.38. The molecule has 4 nitrogen and oxygen atoms in total. The molecule has 0 aliphatic carbocycles. The van der Waals surface area contributed by atoms with Crippen LogP contribution in [0.2, 0.25) is 10.0 Å². The van der Waals surface area contributed by atoms with E-state index < -0.39 is 0 Å². The smallest absolute Gasteiger partial charge is 0.191 e. The summed E-state index contributed by atoms with van der Waals surface area (Å²) in [5, 5.41) is 17.7. The number of nitrogens with one attached hydrogen (secondary N) is 2. The third-order valence-electron chi connectivity index (χ3n) is 2.49. The van der Waals surface area contributed by atoms with Crippen molar-refractivity contribution < 1.29 is 5.11 Å². The van der Waals surface area contributed by atoms with Crippen LogP contribution in [-0.2, 0) is 0 Å². The molecule has 3 N–H and O–H groups in total. The van der Waals surface area contributed by atoms with E-state index in [1.54, 1.807) is 42.5 Å². The number of aromatic hydroxyl groups is 1. The lowest BCUT2D eigenvalue weighted by atomic mass is 10.2. The molecular formula is C14H11Cl2N3OS. The highest BCUT2D eigenvalue weighted by Gasteiger charge is 2.02. The summed E-state index contributed by atoms with van der Waals surface area (Å²) in [6, 6.07) is 11.9. The number of thiocarbonyl (C=S) groups is 1. The van der Waals surface area contributed by atoms with Crippen LogP contribution < -0.4 is 10.7 Å². The Bertz CT molecular complexity index is 692. The highest BCUT2D eigenvalue weighted by atomic mass is 35.5. The molecule has 0 aliphatic heterocycles. The number of hydrazone groups is 1. The molecule has 0 aromatic heterocycles. The van der Waals surface area contributed by atoms with Crippen molar-refractivity contribution in [2.24, 2.45) is 5.10 Å². The standard InChI is InChI=1S/C14H11Cl2N3OS/c15-10-5-6-12(11(16)7-10)18-14(21)19-17-8-9-3-1-2-4-13(9)20/h1-8,20H,(H2,18,19,21). The van der Waals surface area contributed by atoms with Crippen molar-refractivity contribution in [2.75, 3.05) is 5.32 Å². The molecule has 0 aliphatic rings. The molecule has 0 radical (unpaired) electrons. The predicted octanol–water partition coefficient (Wildman–Crippen LogP) is 4.02. The number of hydrogen-bond acceptors (Lipinski definition) is 3. The summed E-state index contributed by atoms with van der Waals surface area (Å²) in [6.07, 6.45) is 1.47. The van der Waals surface area contributed by atoms with Crippen molar-refractivity contribution in [3.8, 4) is 5.75 Å². The Morgan fingerprint density at radius 1 is 1.19 bits per heavy atom. The molecule has 2 aromatic carbocycles. The quantitative estimate of drug-likeness (QED) is 0.449. The molecule has 0 spiro atoms. The topological polar surface area (TPSA) is 56.7 Å². The fourth-order valence-electron chi connectivity index (χ4n) is 1.50. The predicted molar refractivity (Wildman–Crippen MR) is 91.5 cm³/mol. The summed E-state index contributed by atoms with van der Waals surface area (Å²) < 4.78 is 0. The van der Waals surface area contributed by atoms with Crippen LogP contribution in [0.4, 0.5) is 5.69 Å². The molecule has 0 fully saturated rings. The Morgan fingerprint density at radius 2 is 1.95 bits per heavy atom. The maximum atomic E-state index is 9.58. The van der Waals surface area contributed by atoms with Gasteiger partial charge in [-0.05, 0) is 42.5 Å². The molecule has 21 heavy (non-hydrogen) atoms. The summed E-state index contributed by atoms with van der Waals surface area (Å²) in [5.74, 6) is 0.141. The molecule has 2 rings (SSSR count). The highest BCUT2D eigenvalue weighted by molar-refractivity contribution is 7.80. The molecule has 0 saturated carbocycles. The second-order valence-corrected chi connectivity index (χ2v) is 5.26. The van der Waals surface area contributed by atoms with E-state index >= 15 is 0 Å². The van der Waals surface area contributed by atoms with Gasteiger partial charge in [0.15, 0.2) is 5.11 Å². The van der Waals surface area contributed by atoms with Gasteiger partial charge >= 0.3 is 0 Å². The van der Waals surface area contributed by atoms with Crippen LogP contribution in [0.25, 0.3) is 0 Å². The average molecular weight is 340 g/mol. The van der Waals surface area contributed by atoms with Gasteiger partial charge in [-0.3, -0.25) is 5.43 Å². The first-order chi connectivity index (χ1) is 10.1. The van der Waals surface area contributed by atoms with Crippen LogP contribution in [0.15, 0.2) is 47.6 Å². The Balaban J connectivity index is 1.95. The summed E-state index contributed by atoms with van der Waals surface area (Å²) in [5.41, 5.74) is 3.84. The first-order valence-electron chi connectivity index (χ1n) is 5.89. The fourth-order valence-corrected chi connectivity index (χ4v) is 2.12. The molecule has 7 heteroatoms. The largest absolute Gasteiger partial charge is 0.507 e. The minimum Gasteiger partial charge on any atom is -0.507 e. The van der Waals surface area contributed by atoms with E-state index in [2.05, 4.69) is 15.8 Å². The molecule has 0 unspecified atom stereocenters. The van der Waals surface area contributed by atoms with E-state index in [4.69, 9.17) is 35.4 Å². The lowest BCUT2D eigenvalue weighted by molar-refractivity contribution is 0.474. The molecule has 0 amide bonds. The minimum absolute atomic E-state index is 0.141. The van der Waals surface area contributed by atoms with Crippen molar-refractivity contribution in [1.29, 1.82) is 0 Å². The molecule has 0 heterocycles. The monoisotopic (exact) mass is 339 g/mol. The molecular weight excluding hydrogens is 329 g/mol. The van der Waals surface area contributed by atoms with Crippen molar-refractivity contribution in [3.63, 3.8) is 0 Å². The van der Waals surface area contributed by atoms with Crippen molar-refractivity contribution in [2.45, 2.75) is 0 Å². The molecule has 108 valence electrons. The number of para-hydroxylation sites is 1. The van der Waals surface area contributed by atoms with Crippen molar-refractivity contribution in [1.82, 2.24) is 5.43 Å². The van der Waals surface area contributed by atoms with Gasteiger partial charge < -0.3 is 10.4 Å². The van der Waals surface area contributed by atoms with Gasteiger partial charge in [-0.2, -0.15) is 5.10 Å². The maximum Gasteiger partial charge on any atom is 0.191 e. The van der Waals surface area contributed by atoms with Gasteiger partial charge in [0.2, 0.25) is 0 Å². The summed E-state index contributed by atoms with van der Waals surface area (Å²) >= 11 is 16.9.